The lowest BCUT2D eigenvalue weighted by atomic mass is 10.2. The summed E-state index contributed by atoms with van der Waals surface area (Å²) in [5.74, 6) is 1.38. The van der Waals surface area contributed by atoms with Crippen LogP contribution in [-0.4, -0.2) is 26.8 Å². The van der Waals surface area contributed by atoms with E-state index in [-0.39, 0.29) is 0 Å². The number of hydrogen-bond acceptors (Lipinski definition) is 5. The Morgan fingerprint density at radius 3 is 2.67 bits per heavy atom. The Kier molecular flexibility index (Phi) is 4.46. The van der Waals surface area contributed by atoms with Crippen molar-refractivity contribution in [3.8, 4) is 0 Å². The highest BCUT2D eigenvalue weighted by molar-refractivity contribution is 5.85. The average molecular weight is 358 g/mol. The van der Waals surface area contributed by atoms with Crippen LogP contribution in [0.2, 0.25) is 0 Å². The average Bonchev–Trinajstić information content (AvgIpc) is 3.03. The lowest BCUT2D eigenvalue weighted by Gasteiger charge is -2.18. The molecule has 4 rings (SSSR count). The normalized spacial score (nSPS) is 10.9. The zero-order chi connectivity index (χ0) is 18.8. The first-order valence-electron chi connectivity index (χ1n) is 9.01. The third kappa shape index (κ3) is 3.33. The number of nitrogens with zero attached hydrogens (tertiary/aromatic N) is 5. The second-order valence-corrected chi connectivity index (χ2v) is 6.39. The van der Waals surface area contributed by atoms with Gasteiger partial charge in [-0.2, -0.15) is 10.1 Å². The molecule has 0 amide bonds. The maximum absolute atomic E-state index is 4.69. The van der Waals surface area contributed by atoms with Gasteiger partial charge in [0.15, 0.2) is 0 Å². The number of rotatable bonds is 5. The highest BCUT2D eigenvalue weighted by Crippen LogP contribution is 2.27. The maximum Gasteiger partial charge on any atom is 0.229 e. The quantitative estimate of drug-likeness (QED) is 0.562. The molecule has 136 valence electrons. The van der Waals surface area contributed by atoms with Crippen molar-refractivity contribution in [2.75, 3.05) is 17.3 Å². The van der Waals surface area contributed by atoms with Crippen LogP contribution in [0.1, 0.15) is 12.6 Å². The molecule has 0 fully saturated rings. The molecule has 2 aromatic heterocycles. The van der Waals surface area contributed by atoms with Gasteiger partial charge in [0, 0.05) is 42.2 Å². The smallest absolute Gasteiger partial charge is 0.229 e. The minimum absolute atomic E-state index is 0.567. The van der Waals surface area contributed by atoms with Crippen LogP contribution in [0.4, 0.5) is 23.1 Å². The highest BCUT2D eigenvalue weighted by Gasteiger charge is 2.11. The second kappa shape index (κ2) is 7.07. The fourth-order valence-electron chi connectivity index (χ4n) is 3.15. The van der Waals surface area contributed by atoms with Crippen molar-refractivity contribution in [3.63, 3.8) is 0 Å². The Morgan fingerprint density at radius 1 is 1.07 bits per heavy atom. The molecular weight excluding hydrogens is 336 g/mol. The number of hydrogen-bond donors (Lipinski definition) is 1. The molecule has 0 atom stereocenters. The van der Waals surface area contributed by atoms with Crippen molar-refractivity contribution in [1.29, 1.82) is 0 Å². The first-order chi connectivity index (χ1) is 13.2. The lowest BCUT2D eigenvalue weighted by molar-refractivity contribution is 0.647. The molecule has 0 radical (unpaired) electrons. The monoisotopic (exact) mass is 358 g/mol. The molecular formula is C21H22N6. The standard InChI is InChI=1S/C21H22N6/c1-4-27-15(2)18-11-10-17(14-19(18)25-27)26(3)20-12-13-22-21(24-20)23-16-8-6-5-7-9-16/h5-14H,4H2,1-3H3,(H,22,23,24). The van der Waals surface area contributed by atoms with E-state index in [1.807, 2.05) is 53.0 Å². The molecule has 0 bridgehead atoms. The van der Waals surface area contributed by atoms with Gasteiger partial charge in [-0.15, -0.1) is 0 Å². The van der Waals surface area contributed by atoms with Crippen LogP contribution in [-0.2, 0) is 6.54 Å². The fourth-order valence-corrected chi connectivity index (χ4v) is 3.15. The van der Waals surface area contributed by atoms with E-state index in [0.717, 1.165) is 29.3 Å². The number of para-hydroxylation sites is 1. The first-order valence-corrected chi connectivity index (χ1v) is 9.01. The molecule has 0 unspecified atom stereocenters. The van der Waals surface area contributed by atoms with Crippen LogP contribution in [0, 0.1) is 6.92 Å². The molecule has 4 aromatic rings. The molecule has 0 spiro atoms. The molecule has 0 aliphatic heterocycles. The predicted octanol–water partition coefficient (Wildman–Crippen LogP) is 4.67. The van der Waals surface area contributed by atoms with Crippen molar-refractivity contribution in [3.05, 3.63) is 66.5 Å². The number of nitrogens with one attached hydrogen (secondary N) is 1. The van der Waals surface area contributed by atoms with E-state index in [1.165, 1.54) is 11.1 Å². The topological polar surface area (TPSA) is 58.9 Å². The summed E-state index contributed by atoms with van der Waals surface area (Å²) in [6.07, 6.45) is 1.76. The summed E-state index contributed by atoms with van der Waals surface area (Å²) in [7, 11) is 2.00. The van der Waals surface area contributed by atoms with Crippen molar-refractivity contribution in [2.24, 2.45) is 0 Å². The minimum atomic E-state index is 0.567. The summed E-state index contributed by atoms with van der Waals surface area (Å²) >= 11 is 0. The number of aryl methyl sites for hydroxylation is 2. The van der Waals surface area contributed by atoms with Crippen molar-refractivity contribution >= 4 is 34.0 Å². The maximum atomic E-state index is 4.69. The van der Waals surface area contributed by atoms with Crippen LogP contribution in [0.3, 0.4) is 0 Å². The number of benzene rings is 2. The highest BCUT2D eigenvalue weighted by atomic mass is 15.3. The van der Waals surface area contributed by atoms with E-state index in [9.17, 15) is 0 Å². The van der Waals surface area contributed by atoms with Gasteiger partial charge in [-0.3, -0.25) is 4.68 Å². The molecule has 0 aliphatic rings. The molecule has 0 saturated heterocycles. The molecule has 6 heteroatoms. The summed E-state index contributed by atoms with van der Waals surface area (Å²) in [5, 5.41) is 9.10. The Labute approximate surface area is 158 Å². The minimum Gasteiger partial charge on any atom is -0.329 e. The van der Waals surface area contributed by atoms with E-state index < -0.39 is 0 Å². The Bertz CT molecular complexity index is 1070. The molecule has 1 N–H and O–H groups in total. The van der Waals surface area contributed by atoms with Gasteiger partial charge >= 0.3 is 0 Å². The fraction of sp³-hybridized carbons (Fsp3) is 0.190. The van der Waals surface area contributed by atoms with E-state index in [2.05, 4.69) is 52.4 Å². The third-order valence-electron chi connectivity index (χ3n) is 4.69. The zero-order valence-electron chi connectivity index (χ0n) is 15.7. The van der Waals surface area contributed by atoms with Crippen LogP contribution in [0.5, 0.6) is 0 Å². The van der Waals surface area contributed by atoms with Crippen LogP contribution in [0.15, 0.2) is 60.8 Å². The molecule has 2 heterocycles. The number of fused-ring (bicyclic) bond motifs is 1. The summed E-state index contributed by atoms with van der Waals surface area (Å²) in [5.41, 5.74) is 4.18. The van der Waals surface area contributed by atoms with Crippen molar-refractivity contribution in [1.82, 2.24) is 19.7 Å². The zero-order valence-corrected chi connectivity index (χ0v) is 15.7. The second-order valence-electron chi connectivity index (χ2n) is 6.39. The lowest BCUT2D eigenvalue weighted by Crippen LogP contribution is -2.12. The van der Waals surface area contributed by atoms with Gasteiger partial charge in [-0.25, -0.2) is 4.98 Å². The van der Waals surface area contributed by atoms with Crippen molar-refractivity contribution in [2.45, 2.75) is 20.4 Å². The SMILES string of the molecule is CCn1nc2cc(N(C)c3ccnc(Nc4ccccc4)n3)ccc2c1C. The third-order valence-corrected chi connectivity index (χ3v) is 4.69. The molecule has 2 aromatic carbocycles. The van der Waals surface area contributed by atoms with Gasteiger partial charge in [0.05, 0.1) is 5.52 Å². The van der Waals surface area contributed by atoms with E-state index in [0.29, 0.717) is 5.95 Å². The van der Waals surface area contributed by atoms with Gasteiger partial charge in [-0.05, 0) is 50.2 Å². The Hall–Kier alpha value is -3.41. The van der Waals surface area contributed by atoms with Crippen LogP contribution >= 0.6 is 0 Å². The summed E-state index contributed by atoms with van der Waals surface area (Å²) < 4.78 is 2.03. The molecule has 27 heavy (non-hydrogen) atoms. The van der Waals surface area contributed by atoms with Gasteiger partial charge in [-0.1, -0.05) is 18.2 Å². The first kappa shape index (κ1) is 17.0. The predicted molar refractivity (Wildman–Crippen MR) is 110 cm³/mol. The van der Waals surface area contributed by atoms with Crippen LogP contribution in [0.25, 0.3) is 10.9 Å². The van der Waals surface area contributed by atoms with E-state index in [1.54, 1.807) is 6.20 Å². The Morgan fingerprint density at radius 2 is 1.89 bits per heavy atom. The summed E-state index contributed by atoms with van der Waals surface area (Å²) in [6.45, 7) is 5.08. The Balaban J connectivity index is 1.63. The van der Waals surface area contributed by atoms with Gasteiger partial charge < -0.3 is 10.2 Å². The van der Waals surface area contributed by atoms with Crippen LogP contribution < -0.4 is 10.2 Å². The van der Waals surface area contributed by atoms with E-state index >= 15 is 0 Å². The van der Waals surface area contributed by atoms with Gasteiger partial charge in [0.1, 0.15) is 5.82 Å². The van der Waals surface area contributed by atoms with Crippen molar-refractivity contribution < 1.29 is 0 Å². The summed E-state index contributed by atoms with van der Waals surface area (Å²) in [4.78, 5) is 11.0. The van der Waals surface area contributed by atoms with E-state index in [4.69, 9.17) is 0 Å². The number of anilines is 4. The molecule has 0 aliphatic carbocycles. The molecule has 0 saturated carbocycles. The molecule has 6 nitrogen and oxygen atoms in total. The van der Waals surface area contributed by atoms with Gasteiger partial charge in [0.2, 0.25) is 5.95 Å². The van der Waals surface area contributed by atoms with Gasteiger partial charge in [0.25, 0.3) is 0 Å². The number of aromatic nitrogens is 4. The largest absolute Gasteiger partial charge is 0.329 e. The summed E-state index contributed by atoms with van der Waals surface area (Å²) in [6, 6.07) is 18.1.